The van der Waals surface area contributed by atoms with E-state index in [9.17, 15) is 18.4 Å². The van der Waals surface area contributed by atoms with Crippen molar-refractivity contribution < 1.29 is 22.7 Å². The molecule has 0 radical (unpaired) electrons. The molecule has 7 nitrogen and oxygen atoms in total. The average Bonchev–Trinajstić information content (AvgIpc) is 2.98. The molecule has 6 rings (SSSR count). The molecule has 0 aliphatic carbocycles. The SMILES string of the molecule is CN1C(=O)[C@]23C[C@]4(F)c5ccccc5N(S(=O)[O-])[C@@H]4N2C(=O)[C@H]1SS3. The van der Waals surface area contributed by atoms with E-state index in [2.05, 4.69) is 0 Å². The predicted molar refractivity (Wildman–Crippen MR) is 90.3 cm³/mol. The van der Waals surface area contributed by atoms with Crippen LogP contribution in [0.4, 0.5) is 10.1 Å². The second kappa shape index (κ2) is 4.70. The second-order valence-electron chi connectivity index (χ2n) is 6.41. The second-order valence-corrected chi connectivity index (χ2v) is 9.80. The van der Waals surface area contributed by atoms with Crippen LogP contribution in [-0.2, 0) is 26.5 Å². The first-order valence-electron chi connectivity index (χ1n) is 7.45. The van der Waals surface area contributed by atoms with Gasteiger partial charge >= 0.3 is 0 Å². The van der Waals surface area contributed by atoms with Gasteiger partial charge in [-0.25, -0.2) is 4.39 Å². The number of alkyl halides is 1. The standard InChI is InChI=1S/C14H12FN3O4S3/c1-16-10-9(19)17-11-13(15,6-14(17,12(16)20)24-23-10)7-4-2-3-5-8(7)18(11)25(21)22/h2-5,10-11H,6H2,1H3,(H,21,22)/p-1/t10-,11+,13+,14-/m1/s1. The Morgan fingerprint density at radius 1 is 1.36 bits per heavy atom. The van der Waals surface area contributed by atoms with Gasteiger partial charge in [0.05, 0.1) is 5.69 Å². The van der Waals surface area contributed by atoms with E-state index < -0.39 is 39.3 Å². The van der Waals surface area contributed by atoms with Crippen molar-refractivity contribution >= 4 is 50.4 Å². The van der Waals surface area contributed by atoms with Crippen molar-refractivity contribution in [2.75, 3.05) is 11.4 Å². The minimum atomic E-state index is -2.79. The summed E-state index contributed by atoms with van der Waals surface area (Å²) in [5, 5.41) is -0.771. The molecule has 1 unspecified atom stereocenters. The van der Waals surface area contributed by atoms with Crippen molar-refractivity contribution in [1.29, 1.82) is 0 Å². The average molecular weight is 400 g/mol. The smallest absolute Gasteiger partial charge is 0.261 e. The largest absolute Gasteiger partial charge is 0.755 e. The van der Waals surface area contributed by atoms with Crippen LogP contribution in [0.3, 0.4) is 0 Å². The maximum atomic E-state index is 16.2. The highest BCUT2D eigenvalue weighted by Gasteiger charge is 2.76. The third-order valence-electron chi connectivity index (χ3n) is 5.24. The molecule has 1 aromatic rings. The maximum absolute atomic E-state index is 16.2. The molecule has 5 heterocycles. The lowest BCUT2D eigenvalue weighted by atomic mass is 9.92. The highest BCUT2D eigenvalue weighted by molar-refractivity contribution is 8.78. The molecule has 5 atom stereocenters. The van der Waals surface area contributed by atoms with Gasteiger partial charge in [0.15, 0.2) is 22.1 Å². The molecule has 2 bridgehead atoms. The van der Waals surface area contributed by atoms with Gasteiger partial charge in [0.1, 0.15) is 0 Å². The minimum Gasteiger partial charge on any atom is -0.755 e. The number of fused-ring (bicyclic) bond motifs is 5. The van der Waals surface area contributed by atoms with Crippen molar-refractivity contribution in [2.24, 2.45) is 0 Å². The van der Waals surface area contributed by atoms with Crippen LogP contribution in [0, 0.1) is 0 Å². The molecule has 4 fully saturated rings. The van der Waals surface area contributed by atoms with Gasteiger partial charge in [-0.3, -0.25) is 23.0 Å². The zero-order chi connectivity index (χ0) is 17.7. The Balaban J connectivity index is 1.77. The molecule has 11 heteroatoms. The molecule has 0 aromatic heterocycles. The Morgan fingerprint density at radius 2 is 2.08 bits per heavy atom. The Bertz CT molecular complexity index is 871. The van der Waals surface area contributed by atoms with Gasteiger partial charge in [-0.1, -0.05) is 39.8 Å². The lowest BCUT2D eigenvalue weighted by Crippen LogP contribution is -2.71. The number of likely N-dealkylation sites (N-methyl/N-ethyl adjacent to an activating group) is 1. The fraction of sp³-hybridized carbons (Fsp3) is 0.429. The molecule has 5 aliphatic heterocycles. The lowest BCUT2D eigenvalue weighted by Gasteiger charge is -2.53. The summed E-state index contributed by atoms with van der Waals surface area (Å²) < 4.78 is 40.9. The number of amides is 2. The fourth-order valence-corrected chi connectivity index (χ4v) is 8.43. The number of benzene rings is 1. The van der Waals surface area contributed by atoms with Crippen molar-refractivity contribution in [3.63, 3.8) is 0 Å². The summed E-state index contributed by atoms with van der Waals surface area (Å²) in [6, 6.07) is 6.28. The number of carbonyl (C=O) groups excluding carboxylic acids is 2. The summed E-state index contributed by atoms with van der Waals surface area (Å²) in [7, 11) is 3.89. The molecule has 25 heavy (non-hydrogen) atoms. The topological polar surface area (TPSA) is 84.0 Å². The number of carbonyl (C=O) groups is 2. The maximum Gasteiger partial charge on any atom is 0.261 e. The molecule has 1 aromatic carbocycles. The number of nitrogens with zero attached hydrogens (tertiary/aromatic N) is 3. The third kappa shape index (κ3) is 1.61. The first-order chi connectivity index (χ1) is 11.8. The summed E-state index contributed by atoms with van der Waals surface area (Å²) in [5.41, 5.74) is -1.72. The molecule has 4 saturated heterocycles. The molecular formula is C14H11FN3O4S3-. The summed E-state index contributed by atoms with van der Waals surface area (Å²) >= 11 is -2.79. The summed E-state index contributed by atoms with van der Waals surface area (Å²) in [6.07, 6.45) is -1.64. The number of hydrogen-bond acceptors (Lipinski definition) is 6. The van der Waals surface area contributed by atoms with Gasteiger partial charge in [-0.2, -0.15) is 0 Å². The van der Waals surface area contributed by atoms with E-state index in [1.165, 1.54) is 34.9 Å². The van der Waals surface area contributed by atoms with E-state index >= 15 is 4.39 Å². The van der Waals surface area contributed by atoms with E-state index in [0.29, 0.717) is 0 Å². The Hall–Kier alpha value is -1.30. The van der Waals surface area contributed by atoms with Gasteiger partial charge < -0.3 is 9.45 Å². The summed E-state index contributed by atoms with van der Waals surface area (Å²) in [5.74, 6) is -0.792. The van der Waals surface area contributed by atoms with E-state index in [1.807, 2.05) is 0 Å². The molecule has 1 spiro atoms. The predicted octanol–water partition coefficient (Wildman–Crippen LogP) is 0.913. The number of hydrogen-bond donors (Lipinski definition) is 0. The highest BCUT2D eigenvalue weighted by Crippen LogP contribution is 2.67. The van der Waals surface area contributed by atoms with Gasteiger partial charge in [0, 0.05) is 30.3 Å². The van der Waals surface area contributed by atoms with Crippen LogP contribution in [0.1, 0.15) is 12.0 Å². The van der Waals surface area contributed by atoms with Gasteiger partial charge in [-0.15, -0.1) is 0 Å². The number of piperazine rings is 1. The Kier molecular flexibility index (Phi) is 2.99. The van der Waals surface area contributed by atoms with Crippen LogP contribution < -0.4 is 4.31 Å². The number of rotatable bonds is 1. The van der Waals surface area contributed by atoms with Crippen LogP contribution in [0.2, 0.25) is 0 Å². The van der Waals surface area contributed by atoms with E-state index in [1.54, 1.807) is 12.1 Å². The quantitative estimate of drug-likeness (QED) is 0.515. The summed E-state index contributed by atoms with van der Waals surface area (Å²) in [4.78, 5) is 26.9. The molecule has 0 saturated carbocycles. The van der Waals surface area contributed by atoms with Gasteiger partial charge in [0.2, 0.25) is 0 Å². The molecule has 5 aliphatic rings. The van der Waals surface area contributed by atoms with Crippen molar-refractivity contribution in [1.82, 2.24) is 9.80 Å². The van der Waals surface area contributed by atoms with Crippen LogP contribution in [0.25, 0.3) is 0 Å². The third-order valence-corrected chi connectivity index (χ3v) is 9.21. The zero-order valence-corrected chi connectivity index (χ0v) is 15.2. The molecule has 0 N–H and O–H groups in total. The normalized spacial score (nSPS) is 39.6. The first kappa shape index (κ1) is 15.9. The van der Waals surface area contributed by atoms with Crippen molar-refractivity contribution in [3.8, 4) is 0 Å². The Morgan fingerprint density at radius 3 is 2.80 bits per heavy atom. The van der Waals surface area contributed by atoms with Crippen LogP contribution in [0.15, 0.2) is 24.3 Å². The van der Waals surface area contributed by atoms with E-state index in [-0.39, 0.29) is 23.6 Å². The zero-order valence-electron chi connectivity index (χ0n) is 12.7. The van der Waals surface area contributed by atoms with Gasteiger partial charge in [0.25, 0.3) is 11.8 Å². The van der Waals surface area contributed by atoms with Crippen LogP contribution in [0.5, 0.6) is 0 Å². The van der Waals surface area contributed by atoms with E-state index in [0.717, 1.165) is 20.0 Å². The number of para-hydroxylation sites is 1. The molecule has 132 valence electrons. The lowest BCUT2D eigenvalue weighted by molar-refractivity contribution is -0.158. The van der Waals surface area contributed by atoms with E-state index in [4.69, 9.17) is 0 Å². The number of halogens is 1. The summed E-state index contributed by atoms with van der Waals surface area (Å²) in [6.45, 7) is 0. The minimum absolute atomic E-state index is 0.199. The number of anilines is 1. The first-order valence-corrected chi connectivity index (χ1v) is 10.7. The highest BCUT2D eigenvalue weighted by atomic mass is 33.1. The monoisotopic (exact) mass is 400 g/mol. The van der Waals surface area contributed by atoms with Gasteiger partial charge in [-0.05, 0) is 6.07 Å². The van der Waals surface area contributed by atoms with Crippen molar-refractivity contribution in [2.45, 2.75) is 28.5 Å². The molecular weight excluding hydrogens is 389 g/mol. The fourth-order valence-electron chi connectivity index (χ4n) is 4.24. The van der Waals surface area contributed by atoms with Crippen molar-refractivity contribution in [3.05, 3.63) is 29.8 Å². The van der Waals surface area contributed by atoms with Crippen LogP contribution >= 0.6 is 21.6 Å². The Labute approximate surface area is 152 Å². The molecule has 2 amide bonds. The van der Waals surface area contributed by atoms with Crippen LogP contribution in [-0.4, -0.2) is 53.8 Å².